The second-order valence-electron chi connectivity index (χ2n) is 4.78. The molecule has 0 N–H and O–H groups in total. The molecule has 0 radical (unpaired) electrons. The first-order valence-electron chi connectivity index (χ1n) is 6.59. The largest absolute Gasteiger partial charge is 0.382 e. The number of halogens is 1. The number of carbonyl (C=O) groups excluding carboxylic acids is 1. The number of nitrogens with zero attached hydrogens (tertiary/aromatic N) is 2. The highest BCUT2D eigenvalue weighted by Crippen LogP contribution is 2.21. The number of amides is 1. The molecule has 3 rings (SSSR count). The Morgan fingerprint density at radius 1 is 1.35 bits per heavy atom. The fourth-order valence-electron chi connectivity index (χ4n) is 2.34. The van der Waals surface area contributed by atoms with Crippen LogP contribution in [0.5, 0.6) is 0 Å². The van der Waals surface area contributed by atoms with Crippen LogP contribution < -0.4 is 0 Å². The molecule has 0 bridgehead atoms. The molecule has 106 valence electrons. The molecule has 20 heavy (non-hydrogen) atoms. The highest BCUT2D eigenvalue weighted by molar-refractivity contribution is 9.10. The molecule has 1 aromatic carbocycles. The minimum absolute atomic E-state index is 0.00190. The van der Waals surface area contributed by atoms with Crippen molar-refractivity contribution in [1.82, 2.24) is 4.90 Å². The first kappa shape index (κ1) is 13.6. The summed E-state index contributed by atoms with van der Waals surface area (Å²) in [5.41, 5.74) is 1.80. The summed E-state index contributed by atoms with van der Waals surface area (Å²) >= 11 is 3.43. The Kier molecular flexibility index (Phi) is 4.03. The fourth-order valence-corrected chi connectivity index (χ4v) is 2.73. The molecule has 2 aliphatic rings. The summed E-state index contributed by atoms with van der Waals surface area (Å²) in [4.78, 5) is 19.4. The third kappa shape index (κ3) is 2.86. The monoisotopic (exact) mass is 338 g/mol. The van der Waals surface area contributed by atoms with Crippen molar-refractivity contribution in [3.05, 3.63) is 34.3 Å². The average molecular weight is 339 g/mol. The Balaban J connectivity index is 1.65. The van der Waals surface area contributed by atoms with Crippen LogP contribution in [0.2, 0.25) is 0 Å². The van der Waals surface area contributed by atoms with E-state index in [4.69, 9.17) is 9.57 Å². The van der Waals surface area contributed by atoms with Gasteiger partial charge in [0.15, 0.2) is 0 Å². The number of carbonyl (C=O) groups is 1. The van der Waals surface area contributed by atoms with Crippen molar-refractivity contribution in [2.45, 2.75) is 12.5 Å². The minimum atomic E-state index is -0.498. The molecule has 1 amide bonds. The van der Waals surface area contributed by atoms with Gasteiger partial charge in [0.2, 0.25) is 6.10 Å². The van der Waals surface area contributed by atoms with E-state index in [0.29, 0.717) is 32.7 Å². The van der Waals surface area contributed by atoms with Crippen molar-refractivity contribution in [3.63, 3.8) is 0 Å². The molecule has 1 fully saturated rings. The number of morpholine rings is 1. The Labute approximate surface area is 125 Å². The lowest BCUT2D eigenvalue weighted by atomic mass is 10.0. The molecule has 1 atom stereocenters. The highest BCUT2D eigenvalue weighted by Gasteiger charge is 2.32. The molecule has 0 aromatic heterocycles. The van der Waals surface area contributed by atoms with E-state index in [0.717, 1.165) is 15.7 Å². The van der Waals surface area contributed by atoms with Crippen molar-refractivity contribution in [2.75, 3.05) is 26.3 Å². The molecular weight excluding hydrogens is 324 g/mol. The van der Waals surface area contributed by atoms with Crippen LogP contribution >= 0.6 is 15.9 Å². The maximum atomic E-state index is 12.3. The van der Waals surface area contributed by atoms with E-state index in [2.05, 4.69) is 21.1 Å². The van der Waals surface area contributed by atoms with Gasteiger partial charge >= 0.3 is 0 Å². The van der Waals surface area contributed by atoms with Gasteiger partial charge in [-0.15, -0.1) is 0 Å². The molecule has 0 saturated carbocycles. The predicted octanol–water partition coefficient (Wildman–Crippen LogP) is 1.80. The molecule has 1 saturated heterocycles. The number of hydrogen-bond acceptors (Lipinski definition) is 4. The standard InChI is InChI=1S/C14H15BrN2O3/c15-11-3-1-2-10(8-11)12-9-13(20-16-12)14(18)17-4-6-19-7-5-17/h1-3,8,13H,4-7,9H2/t13-/m0/s1. The topological polar surface area (TPSA) is 51.1 Å². The fraction of sp³-hybridized carbons (Fsp3) is 0.429. The van der Waals surface area contributed by atoms with Gasteiger partial charge < -0.3 is 14.5 Å². The zero-order chi connectivity index (χ0) is 13.9. The molecule has 0 unspecified atom stereocenters. The van der Waals surface area contributed by atoms with E-state index < -0.39 is 6.10 Å². The zero-order valence-electron chi connectivity index (χ0n) is 10.9. The Morgan fingerprint density at radius 2 is 2.15 bits per heavy atom. The first-order valence-corrected chi connectivity index (χ1v) is 7.38. The highest BCUT2D eigenvalue weighted by atomic mass is 79.9. The van der Waals surface area contributed by atoms with Crippen LogP contribution in [0.1, 0.15) is 12.0 Å². The first-order chi connectivity index (χ1) is 9.74. The van der Waals surface area contributed by atoms with Gasteiger partial charge in [-0.1, -0.05) is 33.2 Å². The second-order valence-corrected chi connectivity index (χ2v) is 5.70. The van der Waals surface area contributed by atoms with Crippen LogP contribution in [0.3, 0.4) is 0 Å². The molecule has 6 heteroatoms. The van der Waals surface area contributed by atoms with E-state index in [1.54, 1.807) is 4.90 Å². The smallest absolute Gasteiger partial charge is 0.267 e. The van der Waals surface area contributed by atoms with Crippen molar-refractivity contribution in [2.24, 2.45) is 5.16 Å². The summed E-state index contributed by atoms with van der Waals surface area (Å²) < 4.78 is 6.23. The van der Waals surface area contributed by atoms with Crippen LogP contribution in [0.25, 0.3) is 0 Å². The van der Waals surface area contributed by atoms with Gasteiger partial charge in [-0.3, -0.25) is 4.79 Å². The lowest BCUT2D eigenvalue weighted by Gasteiger charge is -2.28. The average Bonchev–Trinajstić information content (AvgIpc) is 2.97. The lowest BCUT2D eigenvalue weighted by Crippen LogP contribution is -2.45. The van der Waals surface area contributed by atoms with Gasteiger partial charge in [0, 0.05) is 29.5 Å². The SMILES string of the molecule is O=C([C@@H]1CC(c2cccc(Br)c2)=NO1)N1CCOCC1. The van der Waals surface area contributed by atoms with Crippen molar-refractivity contribution >= 4 is 27.5 Å². The van der Waals surface area contributed by atoms with Crippen LogP contribution in [0, 0.1) is 0 Å². The van der Waals surface area contributed by atoms with Crippen LogP contribution in [-0.4, -0.2) is 48.9 Å². The van der Waals surface area contributed by atoms with E-state index in [1.807, 2.05) is 24.3 Å². The van der Waals surface area contributed by atoms with Gasteiger partial charge in [0.25, 0.3) is 5.91 Å². The minimum Gasteiger partial charge on any atom is -0.382 e. The van der Waals surface area contributed by atoms with Gasteiger partial charge in [0.1, 0.15) is 0 Å². The Bertz CT molecular complexity index is 541. The summed E-state index contributed by atoms with van der Waals surface area (Å²) in [6.07, 6.45) is 0.0224. The van der Waals surface area contributed by atoms with Gasteiger partial charge in [-0.05, 0) is 12.1 Å². The van der Waals surface area contributed by atoms with E-state index in [1.165, 1.54) is 0 Å². The molecular formula is C14H15BrN2O3. The number of ether oxygens (including phenoxy) is 1. The number of hydrogen-bond donors (Lipinski definition) is 0. The zero-order valence-corrected chi connectivity index (χ0v) is 12.5. The van der Waals surface area contributed by atoms with Gasteiger partial charge in [-0.25, -0.2) is 0 Å². The summed E-state index contributed by atoms with van der Waals surface area (Å²) in [7, 11) is 0. The number of benzene rings is 1. The summed E-state index contributed by atoms with van der Waals surface area (Å²) in [5.74, 6) is 0.00190. The van der Waals surface area contributed by atoms with Crippen LogP contribution in [0.4, 0.5) is 0 Å². The van der Waals surface area contributed by atoms with E-state index >= 15 is 0 Å². The lowest BCUT2D eigenvalue weighted by molar-refractivity contribution is -0.146. The third-order valence-corrected chi connectivity index (χ3v) is 3.92. The number of rotatable bonds is 2. The molecule has 2 aliphatic heterocycles. The van der Waals surface area contributed by atoms with E-state index in [-0.39, 0.29) is 5.91 Å². The van der Waals surface area contributed by atoms with Crippen LogP contribution in [-0.2, 0) is 14.4 Å². The van der Waals surface area contributed by atoms with Crippen LogP contribution in [0.15, 0.2) is 33.9 Å². The van der Waals surface area contributed by atoms with Crippen molar-refractivity contribution in [1.29, 1.82) is 0 Å². The summed E-state index contributed by atoms with van der Waals surface area (Å²) in [6.45, 7) is 2.45. The summed E-state index contributed by atoms with van der Waals surface area (Å²) in [5, 5.41) is 4.06. The summed E-state index contributed by atoms with van der Waals surface area (Å²) in [6, 6.07) is 7.84. The second kappa shape index (κ2) is 5.93. The van der Waals surface area contributed by atoms with Crippen molar-refractivity contribution < 1.29 is 14.4 Å². The maximum Gasteiger partial charge on any atom is 0.267 e. The molecule has 2 heterocycles. The molecule has 0 aliphatic carbocycles. The maximum absolute atomic E-state index is 12.3. The van der Waals surface area contributed by atoms with Gasteiger partial charge in [0.05, 0.1) is 18.9 Å². The molecule has 0 spiro atoms. The third-order valence-electron chi connectivity index (χ3n) is 3.42. The molecule has 5 nitrogen and oxygen atoms in total. The Hall–Kier alpha value is -1.40. The quantitative estimate of drug-likeness (QED) is 0.826. The number of oxime groups is 1. The normalized spacial score (nSPS) is 22.4. The van der Waals surface area contributed by atoms with Crippen molar-refractivity contribution in [3.8, 4) is 0 Å². The Morgan fingerprint density at radius 3 is 2.90 bits per heavy atom. The van der Waals surface area contributed by atoms with Gasteiger partial charge in [-0.2, -0.15) is 0 Å². The predicted molar refractivity (Wildman–Crippen MR) is 77.6 cm³/mol. The van der Waals surface area contributed by atoms with E-state index in [9.17, 15) is 4.79 Å². The molecule has 1 aromatic rings.